The van der Waals surface area contributed by atoms with E-state index < -0.39 is 0 Å². The van der Waals surface area contributed by atoms with Crippen molar-refractivity contribution in [1.29, 1.82) is 0 Å². The van der Waals surface area contributed by atoms with Crippen LogP contribution in [0.5, 0.6) is 0 Å². The van der Waals surface area contributed by atoms with E-state index in [2.05, 4.69) is 20.5 Å². The van der Waals surface area contributed by atoms with Crippen molar-refractivity contribution in [3.05, 3.63) is 41.7 Å². The van der Waals surface area contributed by atoms with Crippen molar-refractivity contribution >= 4 is 0 Å². The maximum atomic E-state index is 5.62. The van der Waals surface area contributed by atoms with E-state index in [1.165, 1.54) is 0 Å². The summed E-state index contributed by atoms with van der Waals surface area (Å²) in [7, 11) is 0. The summed E-state index contributed by atoms with van der Waals surface area (Å²) in [5.41, 5.74) is 4.85. The van der Waals surface area contributed by atoms with Gasteiger partial charge in [-0.05, 0) is 25.5 Å². The van der Waals surface area contributed by atoms with Gasteiger partial charge < -0.3 is 0 Å². The molecule has 2 aromatic heterocycles. The van der Waals surface area contributed by atoms with Gasteiger partial charge in [0, 0.05) is 24.9 Å². The van der Waals surface area contributed by atoms with Gasteiger partial charge in [0.1, 0.15) is 12.2 Å². The molecule has 6 nitrogen and oxygen atoms in total. The number of nitrogens with zero attached hydrogens (tertiary/aromatic N) is 4. The number of aromatic nitrogens is 4. The first-order valence-electron chi connectivity index (χ1n) is 6.00. The Morgan fingerprint density at radius 1 is 1.39 bits per heavy atom. The number of pyridine rings is 1. The summed E-state index contributed by atoms with van der Waals surface area (Å²) in [6, 6.07) is 4.00. The highest BCUT2D eigenvalue weighted by atomic mass is 15.3. The molecule has 96 valence electrons. The van der Waals surface area contributed by atoms with Gasteiger partial charge in [-0.2, -0.15) is 5.10 Å². The van der Waals surface area contributed by atoms with Crippen molar-refractivity contribution in [2.45, 2.75) is 32.9 Å². The average molecular weight is 246 g/mol. The van der Waals surface area contributed by atoms with Crippen LogP contribution in [0.25, 0.3) is 0 Å². The van der Waals surface area contributed by atoms with Gasteiger partial charge in [0.05, 0.1) is 6.04 Å². The zero-order chi connectivity index (χ0) is 13.0. The Morgan fingerprint density at radius 3 is 2.83 bits per heavy atom. The molecule has 0 aliphatic carbocycles. The van der Waals surface area contributed by atoms with Crippen LogP contribution >= 0.6 is 0 Å². The Balaban J connectivity index is 2.17. The number of aryl methyl sites for hydroxylation is 2. The van der Waals surface area contributed by atoms with Crippen molar-refractivity contribution in [2.75, 3.05) is 0 Å². The molecule has 0 aliphatic rings. The average Bonchev–Trinajstić information content (AvgIpc) is 2.84. The van der Waals surface area contributed by atoms with Crippen molar-refractivity contribution in [3.63, 3.8) is 0 Å². The van der Waals surface area contributed by atoms with Crippen LogP contribution in [0.2, 0.25) is 0 Å². The fourth-order valence-electron chi connectivity index (χ4n) is 1.85. The van der Waals surface area contributed by atoms with Gasteiger partial charge in [0.25, 0.3) is 0 Å². The molecule has 0 saturated carbocycles. The van der Waals surface area contributed by atoms with Crippen LogP contribution in [-0.2, 0) is 13.0 Å². The van der Waals surface area contributed by atoms with Gasteiger partial charge in [-0.1, -0.05) is 6.07 Å². The Labute approximate surface area is 106 Å². The lowest BCUT2D eigenvalue weighted by molar-refractivity contribution is 0.509. The van der Waals surface area contributed by atoms with Crippen LogP contribution in [0, 0.1) is 6.92 Å². The normalized spacial score (nSPS) is 12.6. The number of hydrogen-bond acceptors (Lipinski definition) is 5. The van der Waals surface area contributed by atoms with E-state index in [4.69, 9.17) is 5.84 Å². The molecule has 6 heteroatoms. The third-order valence-corrected chi connectivity index (χ3v) is 2.92. The highest BCUT2D eigenvalue weighted by Gasteiger charge is 2.14. The Hall–Kier alpha value is -1.79. The maximum absolute atomic E-state index is 5.62. The number of rotatable bonds is 5. The minimum absolute atomic E-state index is 0.00685. The van der Waals surface area contributed by atoms with Crippen LogP contribution in [-0.4, -0.2) is 19.7 Å². The zero-order valence-electron chi connectivity index (χ0n) is 10.7. The molecule has 0 spiro atoms. The van der Waals surface area contributed by atoms with Crippen molar-refractivity contribution in [2.24, 2.45) is 5.84 Å². The third kappa shape index (κ3) is 2.72. The van der Waals surface area contributed by atoms with Gasteiger partial charge >= 0.3 is 0 Å². The first kappa shape index (κ1) is 12.7. The molecule has 0 fully saturated rings. The minimum Gasteiger partial charge on any atom is -0.271 e. The Bertz CT molecular complexity index is 490. The largest absolute Gasteiger partial charge is 0.271 e. The molecular formula is C12H18N6. The highest BCUT2D eigenvalue weighted by molar-refractivity contribution is 5.18. The second-order valence-electron chi connectivity index (χ2n) is 4.15. The van der Waals surface area contributed by atoms with E-state index in [1.54, 1.807) is 6.33 Å². The smallest absolute Gasteiger partial charge is 0.138 e. The van der Waals surface area contributed by atoms with Gasteiger partial charge in [0.15, 0.2) is 0 Å². The Morgan fingerprint density at radius 2 is 2.22 bits per heavy atom. The molecule has 0 aromatic carbocycles. The predicted molar refractivity (Wildman–Crippen MR) is 68.4 cm³/mol. The van der Waals surface area contributed by atoms with Crippen molar-refractivity contribution < 1.29 is 0 Å². The third-order valence-electron chi connectivity index (χ3n) is 2.92. The Kier molecular flexibility index (Phi) is 4.01. The molecule has 0 bridgehead atoms. The molecule has 1 atom stereocenters. The van der Waals surface area contributed by atoms with Crippen LogP contribution < -0.4 is 11.3 Å². The quantitative estimate of drug-likeness (QED) is 0.601. The van der Waals surface area contributed by atoms with Gasteiger partial charge in [-0.3, -0.25) is 20.9 Å². The fourth-order valence-corrected chi connectivity index (χ4v) is 1.85. The number of nitrogens with two attached hydrogens (primary N) is 1. The topological polar surface area (TPSA) is 81.7 Å². The summed E-state index contributed by atoms with van der Waals surface area (Å²) in [6.07, 6.45) is 4.10. The molecule has 18 heavy (non-hydrogen) atoms. The minimum atomic E-state index is -0.00685. The van der Waals surface area contributed by atoms with Gasteiger partial charge in [-0.25, -0.2) is 4.98 Å². The molecular weight excluding hydrogens is 228 g/mol. The second-order valence-corrected chi connectivity index (χ2v) is 4.15. The van der Waals surface area contributed by atoms with E-state index >= 15 is 0 Å². The maximum Gasteiger partial charge on any atom is 0.138 e. The molecule has 0 saturated heterocycles. The fraction of sp³-hybridized carbons (Fsp3) is 0.417. The molecule has 0 aliphatic heterocycles. The van der Waals surface area contributed by atoms with E-state index in [9.17, 15) is 0 Å². The molecule has 2 rings (SSSR count). The summed E-state index contributed by atoms with van der Waals surface area (Å²) in [4.78, 5) is 8.54. The van der Waals surface area contributed by atoms with E-state index in [0.717, 1.165) is 23.6 Å². The molecule has 2 aromatic rings. The van der Waals surface area contributed by atoms with Gasteiger partial charge in [0.2, 0.25) is 0 Å². The lowest BCUT2D eigenvalue weighted by Crippen LogP contribution is -2.30. The van der Waals surface area contributed by atoms with Crippen LogP contribution in [0.4, 0.5) is 0 Å². The highest BCUT2D eigenvalue weighted by Crippen LogP contribution is 2.15. The summed E-state index contributed by atoms with van der Waals surface area (Å²) >= 11 is 0. The summed E-state index contributed by atoms with van der Waals surface area (Å²) in [5.74, 6) is 6.53. The first-order chi connectivity index (χ1) is 8.74. The van der Waals surface area contributed by atoms with Crippen molar-refractivity contribution in [3.8, 4) is 0 Å². The molecule has 0 radical (unpaired) electrons. The summed E-state index contributed by atoms with van der Waals surface area (Å²) < 4.78 is 1.87. The van der Waals surface area contributed by atoms with E-state index in [0.29, 0.717) is 6.42 Å². The summed E-state index contributed by atoms with van der Waals surface area (Å²) in [5, 5.41) is 4.15. The number of nitrogens with one attached hydrogen (secondary N) is 1. The number of hydrogen-bond donors (Lipinski definition) is 2. The lowest BCUT2D eigenvalue weighted by atomic mass is 10.1. The molecule has 3 N–H and O–H groups in total. The lowest BCUT2D eigenvalue weighted by Gasteiger charge is -2.15. The molecule has 1 unspecified atom stereocenters. The van der Waals surface area contributed by atoms with Gasteiger partial charge in [-0.15, -0.1) is 0 Å². The first-order valence-corrected chi connectivity index (χ1v) is 6.00. The molecule has 2 heterocycles. The second kappa shape index (κ2) is 5.70. The predicted octanol–water partition coefficient (Wildman–Crippen LogP) is 0.749. The monoisotopic (exact) mass is 246 g/mol. The zero-order valence-corrected chi connectivity index (χ0v) is 10.7. The van der Waals surface area contributed by atoms with Crippen LogP contribution in [0.1, 0.15) is 30.0 Å². The van der Waals surface area contributed by atoms with E-state index in [1.807, 2.05) is 36.9 Å². The molecule has 0 amide bonds. The SMILES string of the molecule is CCn1ncnc1CC(NN)c1ccc(C)nc1. The van der Waals surface area contributed by atoms with Crippen molar-refractivity contribution in [1.82, 2.24) is 25.2 Å². The summed E-state index contributed by atoms with van der Waals surface area (Å²) in [6.45, 7) is 4.80. The van der Waals surface area contributed by atoms with E-state index in [-0.39, 0.29) is 6.04 Å². The van der Waals surface area contributed by atoms with Crippen LogP contribution in [0.15, 0.2) is 24.7 Å². The standard InChI is InChI=1S/C12H18N6/c1-3-18-12(15-8-16-18)6-11(17-13)10-5-4-9(2)14-7-10/h4-5,7-8,11,17H,3,6,13H2,1-2H3. The number of hydrazine groups is 1. The van der Waals surface area contributed by atoms with Crippen LogP contribution in [0.3, 0.4) is 0 Å².